The van der Waals surface area contributed by atoms with E-state index in [9.17, 15) is 14.5 Å². The topological polar surface area (TPSA) is 94.1 Å². The van der Waals surface area contributed by atoms with Crippen LogP contribution in [0.2, 0.25) is 0 Å². The van der Waals surface area contributed by atoms with Crippen molar-refractivity contribution in [3.8, 4) is 0 Å². The molecule has 0 saturated heterocycles. The predicted octanol–water partition coefficient (Wildman–Crippen LogP) is 2.56. The van der Waals surface area contributed by atoms with Gasteiger partial charge in [-0.1, -0.05) is 6.08 Å². The summed E-state index contributed by atoms with van der Waals surface area (Å²) in [5.74, 6) is 0.103. The normalized spacial score (nSPS) is 15.1. The number of alkyl carbamates (subject to hydrolysis) is 1. The van der Waals surface area contributed by atoms with Gasteiger partial charge in [0.1, 0.15) is 5.60 Å². The Balaban J connectivity index is 4.71. The molecule has 0 aliphatic carbocycles. The van der Waals surface area contributed by atoms with E-state index in [2.05, 4.69) is 11.9 Å². The summed E-state index contributed by atoms with van der Waals surface area (Å²) in [6.07, 6.45) is -0.432. The summed E-state index contributed by atoms with van der Waals surface area (Å²) in [6, 6.07) is -0.735. The Hall–Kier alpha value is -0.530. The third kappa shape index (κ3) is 8.48. The second-order valence-corrected chi connectivity index (χ2v) is 9.42. The van der Waals surface area contributed by atoms with Crippen LogP contribution >= 0.6 is 18.2 Å². The van der Waals surface area contributed by atoms with E-state index in [1.54, 1.807) is 20.8 Å². The Morgan fingerprint density at radius 2 is 1.95 bits per heavy atom. The Kier molecular flexibility index (Phi) is 8.58. The number of aliphatic hydroxyl groups excluding tert-OH is 1. The zero-order valence-electron chi connectivity index (χ0n) is 13.0. The molecule has 21 heavy (non-hydrogen) atoms. The lowest BCUT2D eigenvalue weighted by Crippen LogP contribution is -2.46. The van der Waals surface area contributed by atoms with Crippen LogP contribution < -0.4 is 5.32 Å². The Morgan fingerprint density at radius 3 is 2.33 bits per heavy atom. The maximum Gasteiger partial charge on any atom is 0.408 e. The molecule has 0 bridgehead atoms. The van der Waals surface area contributed by atoms with E-state index >= 15 is 0 Å². The molecular weight excluding hydrogens is 317 g/mol. The van der Waals surface area contributed by atoms with Gasteiger partial charge in [0.25, 0.3) is 0 Å². The second kappa shape index (κ2) is 8.80. The summed E-state index contributed by atoms with van der Waals surface area (Å²) in [5.41, 5.74) is -0.657. The molecule has 0 saturated carbocycles. The molecule has 2 atom stereocenters. The van der Waals surface area contributed by atoms with Crippen LogP contribution in [0.5, 0.6) is 0 Å². The Labute approximate surface area is 129 Å². The van der Waals surface area contributed by atoms with E-state index in [0.717, 1.165) is 11.4 Å². The summed E-state index contributed by atoms with van der Waals surface area (Å²) in [7, 11) is 2.52. The average molecular weight is 341 g/mol. The second-order valence-electron chi connectivity index (χ2n) is 5.09. The van der Waals surface area contributed by atoms with Crippen molar-refractivity contribution in [3.63, 3.8) is 0 Å². The van der Waals surface area contributed by atoms with Crippen LogP contribution in [0, 0.1) is 0 Å². The average Bonchev–Trinajstić information content (AvgIpc) is 2.40. The van der Waals surface area contributed by atoms with E-state index in [0.29, 0.717) is 0 Å². The van der Waals surface area contributed by atoms with Crippen LogP contribution in [0.25, 0.3) is 0 Å². The highest BCUT2D eigenvalue weighted by atomic mass is 32.7. The molecule has 7 nitrogen and oxygen atoms in total. The summed E-state index contributed by atoms with van der Waals surface area (Å²) >= 11 is 0.869. The molecule has 0 heterocycles. The SMILES string of the molecule is C=C[C@@H](O)[C@@H](CSP(=O)(OC)OC)NC(=O)OC(C)(C)C. The number of rotatable bonds is 8. The number of amides is 1. The lowest BCUT2D eigenvalue weighted by atomic mass is 10.2. The van der Waals surface area contributed by atoms with Gasteiger partial charge in [-0.3, -0.25) is 0 Å². The first-order chi connectivity index (χ1) is 9.56. The zero-order chi connectivity index (χ0) is 16.7. The number of carbonyl (C=O) groups is 1. The molecule has 0 aromatic carbocycles. The molecule has 124 valence electrons. The smallest absolute Gasteiger partial charge is 0.408 e. The molecule has 0 aromatic heterocycles. The van der Waals surface area contributed by atoms with E-state index < -0.39 is 30.6 Å². The fourth-order valence-electron chi connectivity index (χ4n) is 1.20. The molecule has 1 amide bonds. The molecule has 9 heteroatoms. The summed E-state index contributed by atoms with van der Waals surface area (Å²) in [6.45, 7) is 5.35. The molecule has 2 N–H and O–H groups in total. The number of aliphatic hydroxyl groups is 1. The molecule has 0 rings (SSSR count). The van der Waals surface area contributed by atoms with Gasteiger partial charge in [-0.05, 0) is 32.2 Å². The van der Waals surface area contributed by atoms with Gasteiger partial charge in [-0.15, -0.1) is 6.58 Å². The van der Waals surface area contributed by atoms with Gasteiger partial charge in [-0.25, -0.2) is 9.36 Å². The van der Waals surface area contributed by atoms with E-state index in [4.69, 9.17) is 13.8 Å². The first-order valence-corrected chi connectivity index (χ1v) is 9.36. The number of ether oxygens (including phenoxy) is 1. The largest absolute Gasteiger partial charge is 0.444 e. The van der Waals surface area contributed by atoms with Crippen LogP contribution in [0.3, 0.4) is 0 Å². The fraction of sp³-hybridized carbons (Fsp3) is 0.750. The van der Waals surface area contributed by atoms with Gasteiger partial charge in [-0.2, -0.15) is 0 Å². The highest BCUT2D eigenvalue weighted by Crippen LogP contribution is 2.59. The molecule has 0 spiro atoms. The predicted molar refractivity (Wildman–Crippen MR) is 83.4 cm³/mol. The summed E-state index contributed by atoms with van der Waals surface area (Å²) in [5, 5.41) is 12.3. The van der Waals surface area contributed by atoms with Crippen molar-refractivity contribution in [1.29, 1.82) is 0 Å². The van der Waals surface area contributed by atoms with Gasteiger partial charge in [0.15, 0.2) is 0 Å². The lowest BCUT2D eigenvalue weighted by molar-refractivity contribution is 0.0467. The highest BCUT2D eigenvalue weighted by Gasteiger charge is 2.28. The van der Waals surface area contributed by atoms with Crippen molar-refractivity contribution in [2.75, 3.05) is 20.0 Å². The first kappa shape index (κ1) is 20.5. The number of hydrogen-bond donors (Lipinski definition) is 2. The summed E-state index contributed by atoms with van der Waals surface area (Å²) < 4.78 is 26.6. The van der Waals surface area contributed by atoms with Crippen LogP contribution in [0.15, 0.2) is 12.7 Å². The number of hydrogen-bond acceptors (Lipinski definition) is 7. The van der Waals surface area contributed by atoms with E-state index in [-0.39, 0.29) is 5.75 Å². The molecule has 0 radical (unpaired) electrons. The maximum absolute atomic E-state index is 11.9. The van der Waals surface area contributed by atoms with Crippen molar-refractivity contribution >= 4 is 24.3 Å². The van der Waals surface area contributed by atoms with Crippen molar-refractivity contribution in [1.82, 2.24) is 5.32 Å². The van der Waals surface area contributed by atoms with Crippen molar-refractivity contribution in [2.45, 2.75) is 38.5 Å². The Morgan fingerprint density at radius 1 is 1.43 bits per heavy atom. The van der Waals surface area contributed by atoms with Gasteiger partial charge in [0, 0.05) is 20.0 Å². The lowest BCUT2D eigenvalue weighted by Gasteiger charge is -2.25. The third-order valence-corrected chi connectivity index (χ3v) is 6.22. The minimum Gasteiger partial charge on any atom is -0.444 e. The van der Waals surface area contributed by atoms with Crippen LogP contribution in [-0.2, 0) is 18.3 Å². The van der Waals surface area contributed by atoms with Gasteiger partial charge < -0.3 is 24.2 Å². The first-order valence-electron chi connectivity index (χ1n) is 6.23. The minimum atomic E-state index is -3.29. The monoisotopic (exact) mass is 341 g/mol. The molecule has 0 fully saturated rings. The van der Waals surface area contributed by atoms with Crippen LogP contribution in [0.4, 0.5) is 4.79 Å². The maximum atomic E-state index is 11.9. The standard InChI is InChI=1S/C12H24NO6PS/c1-7-10(14)9(8-21-20(16,17-5)18-6)13-11(15)19-12(2,3)4/h7,9-10,14H,1,8H2,2-6H3,(H,13,15)/t9-,10-/m1/s1. The van der Waals surface area contributed by atoms with Gasteiger partial charge >= 0.3 is 12.9 Å². The Bertz CT molecular complexity index is 390. The highest BCUT2D eigenvalue weighted by molar-refractivity contribution is 8.55. The summed E-state index contributed by atoms with van der Waals surface area (Å²) in [4.78, 5) is 11.7. The van der Waals surface area contributed by atoms with Crippen molar-refractivity contribution in [3.05, 3.63) is 12.7 Å². The number of nitrogens with one attached hydrogen (secondary N) is 1. The molecule has 0 unspecified atom stereocenters. The van der Waals surface area contributed by atoms with Crippen molar-refractivity contribution in [2.24, 2.45) is 0 Å². The van der Waals surface area contributed by atoms with Crippen LogP contribution in [0.1, 0.15) is 20.8 Å². The third-order valence-electron chi connectivity index (χ3n) is 2.22. The molecule has 0 aliphatic heterocycles. The fourth-order valence-corrected chi connectivity index (χ4v) is 3.85. The van der Waals surface area contributed by atoms with Gasteiger partial charge in [0.2, 0.25) is 0 Å². The molecule has 0 aliphatic rings. The number of carbonyl (C=O) groups excluding carboxylic acids is 1. The van der Waals surface area contributed by atoms with Crippen molar-refractivity contribution < 1.29 is 28.3 Å². The van der Waals surface area contributed by atoms with Gasteiger partial charge in [0.05, 0.1) is 12.1 Å². The quantitative estimate of drug-likeness (QED) is 0.517. The van der Waals surface area contributed by atoms with E-state index in [1.165, 1.54) is 20.3 Å². The molecule has 0 aromatic rings. The van der Waals surface area contributed by atoms with Crippen LogP contribution in [-0.4, -0.2) is 48.9 Å². The zero-order valence-corrected chi connectivity index (χ0v) is 14.7. The van der Waals surface area contributed by atoms with E-state index in [1.807, 2.05) is 0 Å². The molecular formula is C12H24NO6PS. The minimum absolute atomic E-state index is 0.103.